The molecule has 0 amide bonds. The molecule has 1 saturated carbocycles. The van der Waals surface area contributed by atoms with Gasteiger partial charge >= 0.3 is 0 Å². The zero-order chi connectivity index (χ0) is 14.0. The number of benzene rings is 1. The van der Waals surface area contributed by atoms with E-state index in [1.807, 2.05) is 0 Å². The SMILES string of the molecule is CC1C2(C)CC=CC3=Cc4ccccc4C=C(C2)C31C. The van der Waals surface area contributed by atoms with Crippen LogP contribution < -0.4 is 0 Å². The van der Waals surface area contributed by atoms with E-state index in [9.17, 15) is 0 Å². The lowest BCUT2D eigenvalue weighted by atomic mass is 9.68. The summed E-state index contributed by atoms with van der Waals surface area (Å²) >= 11 is 0. The highest BCUT2D eigenvalue weighted by atomic mass is 14.6. The third-order valence-electron chi connectivity index (χ3n) is 6.29. The molecule has 3 unspecified atom stereocenters. The first kappa shape index (κ1) is 12.2. The van der Waals surface area contributed by atoms with Crippen molar-refractivity contribution in [3.8, 4) is 0 Å². The molecule has 0 heteroatoms. The molecular weight excluding hydrogens is 240 g/mol. The number of fused-ring (bicyclic) bond motifs is 2. The molecule has 1 aromatic carbocycles. The highest BCUT2D eigenvalue weighted by molar-refractivity contribution is 5.75. The van der Waals surface area contributed by atoms with E-state index in [0.29, 0.717) is 11.3 Å². The molecule has 3 atom stereocenters. The summed E-state index contributed by atoms with van der Waals surface area (Å²) in [5.41, 5.74) is 6.51. The predicted octanol–water partition coefficient (Wildman–Crippen LogP) is 5.48. The van der Waals surface area contributed by atoms with Crippen LogP contribution in [0.4, 0.5) is 0 Å². The second kappa shape index (κ2) is 3.75. The Labute approximate surface area is 121 Å². The Morgan fingerprint density at radius 1 is 1.05 bits per heavy atom. The Morgan fingerprint density at radius 3 is 2.50 bits per heavy atom. The van der Waals surface area contributed by atoms with Crippen LogP contribution in [0.5, 0.6) is 0 Å². The standard InChI is InChI=1S/C20H22/c1-14-19(2)10-6-9-17-11-15-7-4-5-8-16(15)12-18(13-19)20(14,17)3/h4-9,11-12,14H,10,13H2,1-3H3. The van der Waals surface area contributed by atoms with Crippen molar-refractivity contribution in [2.75, 3.05) is 0 Å². The van der Waals surface area contributed by atoms with E-state index in [1.54, 1.807) is 5.57 Å². The number of hydrogen-bond acceptors (Lipinski definition) is 0. The van der Waals surface area contributed by atoms with Gasteiger partial charge in [0.25, 0.3) is 0 Å². The van der Waals surface area contributed by atoms with E-state index < -0.39 is 0 Å². The van der Waals surface area contributed by atoms with Gasteiger partial charge in [-0.1, -0.05) is 74.9 Å². The Bertz CT molecular complexity index is 673. The normalized spacial score (nSPS) is 37.6. The minimum Gasteiger partial charge on any atom is -0.0837 e. The average Bonchev–Trinajstić information content (AvgIpc) is 2.55. The zero-order valence-electron chi connectivity index (χ0n) is 12.6. The summed E-state index contributed by atoms with van der Waals surface area (Å²) < 4.78 is 0. The number of allylic oxidation sites excluding steroid dienone is 4. The Morgan fingerprint density at radius 2 is 1.75 bits per heavy atom. The monoisotopic (exact) mass is 262 g/mol. The van der Waals surface area contributed by atoms with Gasteiger partial charge in [-0.3, -0.25) is 0 Å². The average molecular weight is 262 g/mol. The molecule has 20 heavy (non-hydrogen) atoms. The lowest BCUT2D eigenvalue weighted by Crippen LogP contribution is -2.28. The second-order valence-electron chi connectivity index (χ2n) is 7.26. The smallest absolute Gasteiger partial charge is 0.0168 e. The third-order valence-corrected chi connectivity index (χ3v) is 6.29. The molecule has 3 aliphatic carbocycles. The molecule has 2 bridgehead atoms. The lowest BCUT2D eigenvalue weighted by molar-refractivity contribution is 0.188. The Kier molecular flexibility index (Phi) is 2.29. The van der Waals surface area contributed by atoms with Gasteiger partial charge in [-0.05, 0) is 40.9 Å². The molecule has 1 fully saturated rings. The summed E-state index contributed by atoms with van der Waals surface area (Å²) in [6.45, 7) is 7.39. The van der Waals surface area contributed by atoms with Crippen molar-refractivity contribution in [2.24, 2.45) is 16.7 Å². The first-order valence-electron chi connectivity index (χ1n) is 7.73. The molecule has 0 saturated heterocycles. The highest BCUT2D eigenvalue weighted by Gasteiger charge is 2.54. The molecule has 3 aliphatic rings. The molecule has 0 radical (unpaired) electrons. The zero-order valence-corrected chi connectivity index (χ0v) is 12.6. The quantitative estimate of drug-likeness (QED) is 0.581. The maximum absolute atomic E-state index is 2.47. The molecule has 0 nitrogen and oxygen atoms in total. The molecule has 0 heterocycles. The van der Waals surface area contributed by atoms with Crippen molar-refractivity contribution in [2.45, 2.75) is 33.6 Å². The molecule has 0 spiro atoms. The summed E-state index contributed by atoms with van der Waals surface area (Å²) in [5, 5.41) is 0. The van der Waals surface area contributed by atoms with Crippen LogP contribution in [0.1, 0.15) is 44.7 Å². The van der Waals surface area contributed by atoms with Crippen LogP contribution in [-0.2, 0) is 0 Å². The van der Waals surface area contributed by atoms with Gasteiger partial charge in [0.15, 0.2) is 0 Å². The van der Waals surface area contributed by atoms with Crippen LogP contribution in [0, 0.1) is 16.7 Å². The van der Waals surface area contributed by atoms with Crippen LogP contribution >= 0.6 is 0 Å². The second-order valence-corrected chi connectivity index (χ2v) is 7.26. The van der Waals surface area contributed by atoms with E-state index in [2.05, 4.69) is 69.3 Å². The van der Waals surface area contributed by atoms with E-state index in [0.717, 1.165) is 0 Å². The van der Waals surface area contributed by atoms with Gasteiger partial charge in [-0.2, -0.15) is 0 Å². The number of hydrogen-bond donors (Lipinski definition) is 0. The molecular formula is C20H22. The minimum absolute atomic E-state index is 0.209. The van der Waals surface area contributed by atoms with Crippen molar-refractivity contribution >= 4 is 12.2 Å². The summed E-state index contributed by atoms with van der Waals surface area (Å²) in [7, 11) is 0. The predicted molar refractivity (Wildman–Crippen MR) is 86.1 cm³/mol. The van der Waals surface area contributed by atoms with E-state index in [4.69, 9.17) is 0 Å². The fourth-order valence-electron chi connectivity index (χ4n) is 4.59. The summed E-state index contributed by atoms with van der Waals surface area (Å²) in [4.78, 5) is 0. The van der Waals surface area contributed by atoms with E-state index in [1.165, 1.54) is 29.5 Å². The molecule has 4 rings (SSSR count). The fraction of sp³-hybridized carbons (Fsp3) is 0.400. The van der Waals surface area contributed by atoms with Crippen LogP contribution in [-0.4, -0.2) is 0 Å². The molecule has 0 aromatic heterocycles. The van der Waals surface area contributed by atoms with E-state index >= 15 is 0 Å². The van der Waals surface area contributed by atoms with Gasteiger partial charge in [0.05, 0.1) is 0 Å². The van der Waals surface area contributed by atoms with Crippen LogP contribution in [0.15, 0.2) is 47.6 Å². The van der Waals surface area contributed by atoms with Gasteiger partial charge < -0.3 is 0 Å². The van der Waals surface area contributed by atoms with Crippen LogP contribution in [0.2, 0.25) is 0 Å². The minimum atomic E-state index is 0.209. The summed E-state index contributed by atoms with van der Waals surface area (Å²) in [6, 6.07) is 8.79. The van der Waals surface area contributed by atoms with Gasteiger partial charge in [0, 0.05) is 5.41 Å². The largest absolute Gasteiger partial charge is 0.0837 e. The molecule has 0 aliphatic heterocycles. The maximum Gasteiger partial charge on any atom is 0.0168 e. The Hall–Kier alpha value is -1.56. The third kappa shape index (κ3) is 1.37. The fourth-order valence-corrected chi connectivity index (χ4v) is 4.59. The van der Waals surface area contributed by atoms with Crippen molar-refractivity contribution in [3.63, 3.8) is 0 Å². The summed E-state index contributed by atoms with van der Waals surface area (Å²) in [6.07, 6.45) is 12.1. The van der Waals surface area contributed by atoms with Crippen molar-refractivity contribution < 1.29 is 0 Å². The van der Waals surface area contributed by atoms with Gasteiger partial charge in [-0.15, -0.1) is 0 Å². The summed E-state index contributed by atoms with van der Waals surface area (Å²) in [5.74, 6) is 0.691. The van der Waals surface area contributed by atoms with Crippen molar-refractivity contribution in [3.05, 3.63) is 58.7 Å². The van der Waals surface area contributed by atoms with Gasteiger partial charge in [0.1, 0.15) is 0 Å². The first-order chi connectivity index (χ1) is 9.54. The van der Waals surface area contributed by atoms with Crippen LogP contribution in [0.3, 0.4) is 0 Å². The van der Waals surface area contributed by atoms with Crippen LogP contribution in [0.25, 0.3) is 12.2 Å². The van der Waals surface area contributed by atoms with Gasteiger partial charge in [-0.25, -0.2) is 0 Å². The first-order valence-corrected chi connectivity index (χ1v) is 7.73. The number of rotatable bonds is 0. The van der Waals surface area contributed by atoms with Crippen molar-refractivity contribution in [1.29, 1.82) is 0 Å². The molecule has 102 valence electrons. The van der Waals surface area contributed by atoms with Crippen molar-refractivity contribution in [1.82, 2.24) is 0 Å². The van der Waals surface area contributed by atoms with E-state index in [-0.39, 0.29) is 5.41 Å². The lowest BCUT2D eigenvalue weighted by Gasteiger charge is -2.36. The highest BCUT2D eigenvalue weighted by Crippen LogP contribution is 2.64. The van der Waals surface area contributed by atoms with Gasteiger partial charge in [0.2, 0.25) is 0 Å². The topological polar surface area (TPSA) is 0 Å². The Balaban J connectivity index is 2.05. The molecule has 0 N–H and O–H groups in total. The maximum atomic E-state index is 2.47. The molecule has 1 aromatic rings.